The first-order valence-electron chi connectivity index (χ1n) is 5.66. The van der Waals surface area contributed by atoms with Crippen LogP contribution in [0.5, 0.6) is 0 Å². The summed E-state index contributed by atoms with van der Waals surface area (Å²) in [4.78, 5) is 0. The molecule has 1 N–H and O–H groups in total. The summed E-state index contributed by atoms with van der Waals surface area (Å²) in [6, 6.07) is 7.91. The third kappa shape index (κ3) is 4.00. The van der Waals surface area contributed by atoms with Crippen LogP contribution in [0, 0.1) is 17.1 Å². The lowest BCUT2D eigenvalue weighted by atomic mass is 10.1. The molecule has 1 unspecified atom stereocenters. The molecule has 0 fully saturated rings. The quantitative estimate of drug-likeness (QED) is 0.747. The minimum absolute atomic E-state index is 0.272. The van der Waals surface area contributed by atoms with Gasteiger partial charge in [-0.2, -0.15) is 5.26 Å². The van der Waals surface area contributed by atoms with E-state index in [4.69, 9.17) is 5.26 Å². The SMILES string of the molecule is CCCCCNC(C#N)c1ccc(F)cc1. The van der Waals surface area contributed by atoms with Crippen LogP contribution in [-0.2, 0) is 0 Å². The van der Waals surface area contributed by atoms with Gasteiger partial charge in [-0.15, -0.1) is 0 Å². The molecule has 0 radical (unpaired) electrons. The molecule has 1 atom stereocenters. The molecule has 0 aliphatic heterocycles. The molecule has 0 amide bonds. The maximum absolute atomic E-state index is 12.7. The molecule has 0 spiro atoms. The molecule has 0 aliphatic carbocycles. The van der Waals surface area contributed by atoms with Gasteiger partial charge in [-0.25, -0.2) is 4.39 Å². The molecule has 1 rings (SSSR count). The van der Waals surface area contributed by atoms with Gasteiger partial charge in [0, 0.05) is 0 Å². The minimum Gasteiger partial charge on any atom is -0.298 e. The van der Waals surface area contributed by atoms with E-state index in [0.29, 0.717) is 0 Å². The van der Waals surface area contributed by atoms with Crippen molar-refractivity contribution in [1.29, 1.82) is 5.26 Å². The summed E-state index contributed by atoms with van der Waals surface area (Å²) in [7, 11) is 0. The lowest BCUT2D eigenvalue weighted by molar-refractivity contribution is 0.579. The lowest BCUT2D eigenvalue weighted by Gasteiger charge is -2.11. The van der Waals surface area contributed by atoms with E-state index >= 15 is 0 Å². The number of nitrogens with one attached hydrogen (secondary N) is 1. The van der Waals surface area contributed by atoms with E-state index in [1.807, 2.05) is 0 Å². The Morgan fingerprint density at radius 2 is 2.00 bits per heavy atom. The van der Waals surface area contributed by atoms with Crippen LogP contribution in [0.2, 0.25) is 0 Å². The van der Waals surface area contributed by atoms with E-state index in [9.17, 15) is 4.39 Å². The molecule has 0 bridgehead atoms. The zero-order valence-corrected chi connectivity index (χ0v) is 9.54. The van der Waals surface area contributed by atoms with Crippen LogP contribution in [-0.4, -0.2) is 6.54 Å². The second-order valence-corrected chi connectivity index (χ2v) is 3.77. The zero-order valence-electron chi connectivity index (χ0n) is 9.54. The molecular weight excluding hydrogens is 203 g/mol. The Bertz CT molecular complexity index is 340. The van der Waals surface area contributed by atoms with Crippen LogP contribution in [0.3, 0.4) is 0 Å². The van der Waals surface area contributed by atoms with E-state index in [1.165, 1.54) is 12.1 Å². The predicted octanol–water partition coefficient (Wildman–Crippen LogP) is 3.17. The number of rotatable bonds is 6. The van der Waals surface area contributed by atoms with Crippen molar-refractivity contribution >= 4 is 0 Å². The fraction of sp³-hybridized carbons (Fsp3) is 0.462. The van der Waals surface area contributed by atoms with E-state index < -0.39 is 0 Å². The van der Waals surface area contributed by atoms with E-state index in [0.717, 1.165) is 31.4 Å². The number of benzene rings is 1. The third-order valence-electron chi connectivity index (χ3n) is 2.46. The molecule has 86 valence electrons. The van der Waals surface area contributed by atoms with Crippen molar-refractivity contribution in [1.82, 2.24) is 5.32 Å². The summed E-state index contributed by atoms with van der Waals surface area (Å²) < 4.78 is 12.7. The second-order valence-electron chi connectivity index (χ2n) is 3.77. The fourth-order valence-corrected chi connectivity index (χ4v) is 1.51. The normalized spacial score (nSPS) is 12.1. The summed E-state index contributed by atoms with van der Waals surface area (Å²) in [6.07, 6.45) is 3.39. The first-order valence-corrected chi connectivity index (χ1v) is 5.66. The first-order chi connectivity index (χ1) is 7.77. The van der Waals surface area contributed by atoms with Gasteiger partial charge in [0.25, 0.3) is 0 Å². The van der Waals surface area contributed by atoms with Gasteiger partial charge in [0.15, 0.2) is 0 Å². The van der Waals surface area contributed by atoms with Crippen LogP contribution in [0.25, 0.3) is 0 Å². The van der Waals surface area contributed by atoms with Crippen molar-refractivity contribution in [2.24, 2.45) is 0 Å². The van der Waals surface area contributed by atoms with Gasteiger partial charge in [-0.05, 0) is 30.7 Å². The van der Waals surface area contributed by atoms with Crippen molar-refractivity contribution in [3.63, 3.8) is 0 Å². The van der Waals surface area contributed by atoms with E-state index in [-0.39, 0.29) is 11.9 Å². The Kier molecular flexibility index (Phi) is 5.52. The van der Waals surface area contributed by atoms with Crippen molar-refractivity contribution in [2.75, 3.05) is 6.54 Å². The van der Waals surface area contributed by atoms with Gasteiger partial charge in [-0.3, -0.25) is 5.32 Å². The molecule has 0 saturated carbocycles. The van der Waals surface area contributed by atoms with E-state index in [2.05, 4.69) is 18.3 Å². The van der Waals surface area contributed by atoms with Crippen LogP contribution in [0.4, 0.5) is 4.39 Å². The molecule has 16 heavy (non-hydrogen) atoms. The van der Waals surface area contributed by atoms with Gasteiger partial charge >= 0.3 is 0 Å². The summed E-state index contributed by atoms with van der Waals surface area (Å²) in [5, 5.41) is 12.2. The molecule has 0 saturated heterocycles. The number of hydrogen-bond donors (Lipinski definition) is 1. The highest BCUT2D eigenvalue weighted by Crippen LogP contribution is 2.12. The van der Waals surface area contributed by atoms with Crippen molar-refractivity contribution in [3.05, 3.63) is 35.6 Å². The Labute approximate surface area is 96.1 Å². The highest BCUT2D eigenvalue weighted by atomic mass is 19.1. The van der Waals surface area contributed by atoms with E-state index in [1.54, 1.807) is 12.1 Å². The molecule has 1 aromatic carbocycles. The maximum atomic E-state index is 12.7. The molecule has 0 heterocycles. The molecular formula is C13H17FN2. The smallest absolute Gasteiger partial charge is 0.123 e. The Balaban J connectivity index is 2.48. The molecule has 0 aliphatic rings. The summed E-state index contributed by atoms with van der Waals surface area (Å²) in [5.74, 6) is -0.272. The predicted molar refractivity (Wildman–Crippen MR) is 62.3 cm³/mol. The summed E-state index contributed by atoms with van der Waals surface area (Å²) >= 11 is 0. The Hall–Kier alpha value is -1.40. The largest absolute Gasteiger partial charge is 0.298 e. The van der Waals surface area contributed by atoms with Crippen LogP contribution >= 0.6 is 0 Å². The highest BCUT2D eigenvalue weighted by molar-refractivity contribution is 5.24. The van der Waals surface area contributed by atoms with Crippen LogP contribution in [0.1, 0.15) is 37.8 Å². The molecule has 3 heteroatoms. The van der Waals surface area contributed by atoms with Crippen LogP contribution in [0.15, 0.2) is 24.3 Å². The number of nitrogens with zero attached hydrogens (tertiary/aromatic N) is 1. The standard InChI is InChI=1S/C13H17FN2/c1-2-3-4-9-16-13(10-15)11-5-7-12(14)8-6-11/h5-8,13,16H,2-4,9H2,1H3. The number of halogens is 1. The molecule has 1 aromatic rings. The second kappa shape index (κ2) is 6.97. The topological polar surface area (TPSA) is 35.8 Å². The van der Waals surface area contributed by atoms with Crippen molar-refractivity contribution in [2.45, 2.75) is 32.2 Å². The average Bonchev–Trinajstić information content (AvgIpc) is 2.31. The monoisotopic (exact) mass is 220 g/mol. The van der Waals surface area contributed by atoms with Gasteiger partial charge in [-0.1, -0.05) is 31.9 Å². The number of hydrogen-bond acceptors (Lipinski definition) is 2. The summed E-state index contributed by atoms with van der Waals surface area (Å²) in [6.45, 7) is 2.96. The molecule has 0 aromatic heterocycles. The average molecular weight is 220 g/mol. The van der Waals surface area contributed by atoms with Gasteiger partial charge in [0.2, 0.25) is 0 Å². The Morgan fingerprint density at radius 1 is 1.31 bits per heavy atom. The number of unbranched alkanes of at least 4 members (excludes halogenated alkanes) is 2. The number of nitriles is 1. The zero-order chi connectivity index (χ0) is 11.8. The van der Waals surface area contributed by atoms with Crippen molar-refractivity contribution in [3.8, 4) is 6.07 Å². The van der Waals surface area contributed by atoms with Gasteiger partial charge in [0.05, 0.1) is 6.07 Å². The van der Waals surface area contributed by atoms with Crippen LogP contribution < -0.4 is 5.32 Å². The fourth-order valence-electron chi connectivity index (χ4n) is 1.51. The highest BCUT2D eigenvalue weighted by Gasteiger charge is 2.08. The van der Waals surface area contributed by atoms with Gasteiger partial charge in [0.1, 0.15) is 11.9 Å². The maximum Gasteiger partial charge on any atom is 0.123 e. The third-order valence-corrected chi connectivity index (χ3v) is 2.46. The van der Waals surface area contributed by atoms with Gasteiger partial charge < -0.3 is 0 Å². The lowest BCUT2D eigenvalue weighted by Crippen LogP contribution is -2.21. The Morgan fingerprint density at radius 3 is 2.56 bits per heavy atom. The first kappa shape index (κ1) is 12.7. The summed E-state index contributed by atoms with van der Waals surface area (Å²) in [5.41, 5.74) is 0.820. The minimum atomic E-state index is -0.336. The molecule has 2 nitrogen and oxygen atoms in total. The van der Waals surface area contributed by atoms with Crippen molar-refractivity contribution < 1.29 is 4.39 Å².